The Balaban J connectivity index is 2.26. The zero-order chi connectivity index (χ0) is 15.1. The molecule has 2 rings (SSSR count). The molecule has 1 fully saturated rings. The number of rotatable bonds is 3. The van der Waals surface area contributed by atoms with E-state index in [1.165, 1.54) is 4.90 Å². The average molecular weight is 279 g/mol. The van der Waals surface area contributed by atoms with Gasteiger partial charge in [-0.3, -0.25) is 9.59 Å². The van der Waals surface area contributed by atoms with Gasteiger partial charge >= 0.3 is 0 Å². The average Bonchev–Trinajstić information content (AvgIpc) is 2.33. The van der Waals surface area contributed by atoms with Gasteiger partial charge in [0.15, 0.2) is 0 Å². The molecule has 1 saturated heterocycles. The predicted octanol–water partition coefficient (Wildman–Crippen LogP) is 0.799. The second-order valence-corrected chi connectivity index (χ2v) is 5.81. The standard InChI is InChI=1S/C14H21N3O3/c1-5-14(20)6-17(7-14)13(19)10-9(4)15-11(8(2)3)16-12(10)18/h8,20H,5-7H2,1-4H3,(H,15,16,18). The monoisotopic (exact) mass is 279 g/mol. The lowest BCUT2D eigenvalue weighted by atomic mass is 9.90. The smallest absolute Gasteiger partial charge is 0.264 e. The van der Waals surface area contributed by atoms with E-state index in [0.717, 1.165) is 0 Å². The SMILES string of the molecule is CCC1(O)CN(C(=O)c2c(C)nc(C(C)C)[nH]c2=O)C1. The minimum Gasteiger partial charge on any atom is -0.386 e. The molecule has 1 aromatic heterocycles. The van der Waals surface area contributed by atoms with E-state index in [0.29, 0.717) is 17.9 Å². The van der Waals surface area contributed by atoms with E-state index in [1.54, 1.807) is 6.92 Å². The lowest BCUT2D eigenvalue weighted by Gasteiger charge is -2.46. The number of amides is 1. The highest BCUT2D eigenvalue weighted by atomic mass is 16.3. The highest BCUT2D eigenvalue weighted by Gasteiger charge is 2.43. The molecule has 0 spiro atoms. The van der Waals surface area contributed by atoms with Gasteiger partial charge in [-0.2, -0.15) is 0 Å². The number of aromatic nitrogens is 2. The van der Waals surface area contributed by atoms with Crippen LogP contribution in [0, 0.1) is 6.92 Å². The van der Waals surface area contributed by atoms with Crippen LogP contribution in [-0.4, -0.2) is 44.6 Å². The molecule has 0 saturated carbocycles. The Morgan fingerprint density at radius 2 is 2.10 bits per heavy atom. The molecule has 0 aliphatic carbocycles. The van der Waals surface area contributed by atoms with E-state index >= 15 is 0 Å². The molecule has 6 nitrogen and oxygen atoms in total. The molecule has 110 valence electrons. The lowest BCUT2D eigenvalue weighted by molar-refractivity contribution is -0.0827. The van der Waals surface area contributed by atoms with Crippen molar-refractivity contribution in [2.75, 3.05) is 13.1 Å². The van der Waals surface area contributed by atoms with Crippen molar-refractivity contribution < 1.29 is 9.90 Å². The summed E-state index contributed by atoms with van der Waals surface area (Å²) in [6, 6.07) is 0. The van der Waals surface area contributed by atoms with Crippen LogP contribution in [0.25, 0.3) is 0 Å². The highest BCUT2D eigenvalue weighted by molar-refractivity contribution is 5.95. The van der Waals surface area contributed by atoms with Gasteiger partial charge in [0, 0.05) is 5.92 Å². The number of aryl methyl sites for hydroxylation is 1. The van der Waals surface area contributed by atoms with Crippen molar-refractivity contribution in [2.24, 2.45) is 0 Å². The number of aromatic amines is 1. The van der Waals surface area contributed by atoms with Gasteiger partial charge in [0.25, 0.3) is 11.5 Å². The summed E-state index contributed by atoms with van der Waals surface area (Å²) < 4.78 is 0. The van der Waals surface area contributed by atoms with Crippen LogP contribution in [-0.2, 0) is 0 Å². The van der Waals surface area contributed by atoms with Crippen LogP contribution in [0.15, 0.2) is 4.79 Å². The summed E-state index contributed by atoms with van der Waals surface area (Å²) in [5, 5.41) is 9.95. The molecule has 2 heterocycles. The Morgan fingerprint density at radius 3 is 2.55 bits per heavy atom. The number of β-amino-alcohol motifs (C(OH)–C–C–N with tert-alkyl or cyclic N) is 1. The first-order valence-corrected chi connectivity index (χ1v) is 6.90. The molecule has 1 aliphatic rings. The van der Waals surface area contributed by atoms with Crippen molar-refractivity contribution in [2.45, 2.75) is 45.6 Å². The summed E-state index contributed by atoms with van der Waals surface area (Å²) in [6.45, 7) is 7.94. The minimum absolute atomic E-state index is 0.0764. The van der Waals surface area contributed by atoms with Crippen LogP contribution < -0.4 is 5.56 Å². The second kappa shape index (κ2) is 5.01. The number of likely N-dealkylation sites (tertiary alicyclic amines) is 1. The third kappa shape index (κ3) is 2.47. The fraction of sp³-hybridized carbons (Fsp3) is 0.643. The summed E-state index contributed by atoms with van der Waals surface area (Å²) in [4.78, 5) is 32.8. The number of carbonyl (C=O) groups excluding carboxylic acids is 1. The van der Waals surface area contributed by atoms with E-state index in [4.69, 9.17) is 0 Å². The number of carbonyl (C=O) groups is 1. The number of nitrogens with one attached hydrogen (secondary N) is 1. The fourth-order valence-electron chi connectivity index (χ4n) is 2.32. The van der Waals surface area contributed by atoms with E-state index in [9.17, 15) is 14.7 Å². The van der Waals surface area contributed by atoms with Crippen LogP contribution in [0.2, 0.25) is 0 Å². The summed E-state index contributed by atoms with van der Waals surface area (Å²) >= 11 is 0. The van der Waals surface area contributed by atoms with E-state index in [-0.39, 0.29) is 30.5 Å². The fourth-order valence-corrected chi connectivity index (χ4v) is 2.32. The van der Waals surface area contributed by atoms with E-state index in [2.05, 4.69) is 9.97 Å². The molecular formula is C14H21N3O3. The van der Waals surface area contributed by atoms with E-state index < -0.39 is 11.2 Å². The first-order chi connectivity index (χ1) is 9.27. The van der Waals surface area contributed by atoms with Crippen molar-refractivity contribution in [3.63, 3.8) is 0 Å². The third-order valence-corrected chi connectivity index (χ3v) is 3.80. The maximum atomic E-state index is 12.3. The molecule has 1 aromatic rings. The van der Waals surface area contributed by atoms with E-state index in [1.807, 2.05) is 20.8 Å². The van der Waals surface area contributed by atoms with Gasteiger partial charge in [-0.1, -0.05) is 20.8 Å². The number of aliphatic hydroxyl groups is 1. The van der Waals surface area contributed by atoms with Crippen LogP contribution in [0.4, 0.5) is 0 Å². The summed E-state index contributed by atoms with van der Waals surface area (Å²) in [7, 11) is 0. The molecule has 0 aromatic carbocycles. The summed E-state index contributed by atoms with van der Waals surface area (Å²) in [5.74, 6) is 0.321. The van der Waals surface area contributed by atoms with Crippen LogP contribution >= 0.6 is 0 Å². The zero-order valence-corrected chi connectivity index (χ0v) is 12.4. The quantitative estimate of drug-likeness (QED) is 0.857. The first kappa shape index (κ1) is 14.7. The topological polar surface area (TPSA) is 86.3 Å². The molecule has 1 aliphatic heterocycles. The maximum absolute atomic E-state index is 12.3. The molecule has 20 heavy (non-hydrogen) atoms. The Labute approximate surface area is 117 Å². The lowest BCUT2D eigenvalue weighted by Crippen LogP contribution is -2.63. The van der Waals surface area contributed by atoms with Gasteiger partial charge in [-0.05, 0) is 13.3 Å². The number of hydrogen-bond acceptors (Lipinski definition) is 4. The number of H-pyrrole nitrogens is 1. The van der Waals surface area contributed by atoms with Crippen LogP contribution in [0.3, 0.4) is 0 Å². The van der Waals surface area contributed by atoms with Gasteiger partial charge in [0.05, 0.1) is 24.4 Å². The van der Waals surface area contributed by atoms with Crippen molar-refractivity contribution in [1.82, 2.24) is 14.9 Å². The van der Waals surface area contributed by atoms with Gasteiger partial charge in [0.2, 0.25) is 0 Å². The molecule has 0 radical (unpaired) electrons. The van der Waals surface area contributed by atoms with Crippen molar-refractivity contribution in [3.8, 4) is 0 Å². The molecule has 0 unspecified atom stereocenters. The minimum atomic E-state index is -0.804. The van der Waals surface area contributed by atoms with Gasteiger partial charge in [0.1, 0.15) is 11.4 Å². The second-order valence-electron chi connectivity index (χ2n) is 5.81. The third-order valence-electron chi connectivity index (χ3n) is 3.80. The predicted molar refractivity (Wildman–Crippen MR) is 74.8 cm³/mol. The number of nitrogens with zero attached hydrogens (tertiary/aromatic N) is 2. The van der Waals surface area contributed by atoms with Gasteiger partial charge < -0.3 is 15.0 Å². The van der Waals surface area contributed by atoms with Crippen LogP contribution in [0.1, 0.15) is 55.0 Å². The Bertz CT molecular complexity index is 586. The molecule has 0 atom stereocenters. The van der Waals surface area contributed by atoms with Crippen LogP contribution in [0.5, 0.6) is 0 Å². The largest absolute Gasteiger partial charge is 0.386 e. The Hall–Kier alpha value is -1.69. The molecule has 1 amide bonds. The number of hydrogen-bond donors (Lipinski definition) is 2. The van der Waals surface area contributed by atoms with Crippen molar-refractivity contribution in [3.05, 3.63) is 27.4 Å². The molecule has 2 N–H and O–H groups in total. The van der Waals surface area contributed by atoms with Gasteiger partial charge in [-0.25, -0.2) is 4.98 Å². The van der Waals surface area contributed by atoms with Crippen molar-refractivity contribution >= 4 is 5.91 Å². The first-order valence-electron chi connectivity index (χ1n) is 6.90. The zero-order valence-electron chi connectivity index (χ0n) is 12.4. The maximum Gasteiger partial charge on any atom is 0.264 e. The molecule has 0 bridgehead atoms. The van der Waals surface area contributed by atoms with Gasteiger partial charge in [-0.15, -0.1) is 0 Å². The summed E-state index contributed by atoms with van der Waals surface area (Å²) in [6.07, 6.45) is 0.594. The normalized spacial score (nSPS) is 17.2. The Morgan fingerprint density at radius 1 is 1.50 bits per heavy atom. The molecule has 6 heteroatoms. The summed E-state index contributed by atoms with van der Waals surface area (Å²) in [5.41, 5.74) is -0.693. The Kier molecular flexibility index (Phi) is 3.69. The van der Waals surface area contributed by atoms with Crippen molar-refractivity contribution in [1.29, 1.82) is 0 Å². The highest BCUT2D eigenvalue weighted by Crippen LogP contribution is 2.25. The molecular weight excluding hydrogens is 258 g/mol.